The molecule has 0 aromatic carbocycles. The quantitative estimate of drug-likeness (QED) is 0.392. The van der Waals surface area contributed by atoms with E-state index in [0.717, 1.165) is 5.57 Å². The monoisotopic (exact) mass is 264 g/mol. The van der Waals surface area contributed by atoms with E-state index in [4.69, 9.17) is 4.74 Å². The standard InChI is InChI=1S/C15H20O4/c1-7-4-5-10(16)15(3)6-9-11(13(17)12(7)15)8(2)14(18)19-9/h4,9-13,16-17H,2,5-6H2,1,3H3/t9-,10+,11+,12-,13-,15-/m0/s1. The van der Waals surface area contributed by atoms with Crippen LogP contribution >= 0.6 is 0 Å². The van der Waals surface area contributed by atoms with Gasteiger partial charge in [-0.3, -0.25) is 0 Å². The highest BCUT2D eigenvalue weighted by atomic mass is 16.6. The average molecular weight is 264 g/mol. The Balaban J connectivity index is 2.04. The van der Waals surface area contributed by atoms with Gasteiger partial charge in [0.25, 0.3) is 0 Å². The zero-order valence-electron chi connectivity index (χ0n) is 11.3. The second-order valence-electron chi connectivity index (χ2n) is 6.37. The van der Waals surface area contributed by atoms with Gasteiger partial charge in [-0.05, 0) is 19.8 Å². The number of aliphatic hydroxyl groups excluding tert-OH is 2. The molecule has 2 N–H and O–H groups in total. The first-order valence-corrected chi connectivity index (χ1v) is 6.79. The van der Waals surface area contributed by atoms with Crippen LogP contribution in [-0.4, -0.2) is 34.5 Å². The van der Waals surface area contributed by atoms with Crippen molar-refractivity contribution in [3.05, 3.63) is 23.8 Å². The van der Waals surface area contributed by atoms with Gasteiger partial charge in [-0.25, -0.2) is 4.79 Å². The summed E-state index contributed by atoms with van der Waals surface area (Å²) in [6, 6.07) is 0. The topological polar surface area (TPSA) is 66.8 Å². The number of carbonyl (C=O) groups is 1. The largest absolute Gasteiger partial charge is 0.458 e. The van der Waals surface area contributed by atoms with Crippen LogP contribution in [0.25, 0.3) is 0 Å². The third kappa shape index (κ3) is 1.56. The summed E-state index contributed by atoms with van der Waals surface area (Å²) in [4.78, 5) is 11.6. The summed E-state index contributed by atoms with van der Waals surface area (Å²) < 4.78 is 5.32. The molecular weight excluding hydrogens is 244 g/mol. The van der Waals surface area contributed by atoms with E-state index in [1.165, 1.54) is 0 Å². The van der Waals surface area contributed by atoms with E-state index >= 15 is 0 Å². The molecular formula is C15H20O4. The lowest BCUT2D eigenvalue weighted by Gasteiger charge is -2.53. The van der Waals surface area contributed by atoms with E-state index in [0.29, 0.717) is 18.4 Å². The van der Waals surface area contributed by atoms with Gasteiger partial charge < -0.3 is 14.9 Å². The smallest absolute Gasteiger partial charge is 0.334 e. The fraction of sp³-hybridized carbons (Fsp3) is 0.667. The maximum Gasteiger partial charge on any atom is 0.334 e. The lowest BCUT2D eigenvalue weighted by atomic mass is 9.54. The van der Waals surface area contributed by atoms with Gasteiger partial charge in [-0.2, -0.15) is 0 Å². The van der Waals surface area contributed by atoms with Gasteiger partial charge in [0.1, 0.15) is 6.10 Å². The van der Waals surface area contributed by atoms with Crippen molar-refractivity contribution >= 4 is 5.97 Å². The third-order valence-electron chi connectivity index (χ3n) is 5.30. The zero-order valence-corrected chi connectivity index (χ0v) is 11.3. The highest BCUT2D eigenvalue weighted by Crippen LogP contribution is 2.55. The molecule has 0 aromatic heterocycles. The third-order valence-corrected chi connectivity index (χ3v) is 5.30. The maximum absolute atomic E-state index is 11.6. The van der Waals surface area contributed by atoms with Crippen molar-refractivity contribution in [2.24, 2.45) is 17.3 Å². The molecule has 0 unspecified atom stereocenters. The van der Waals surface area contributed by atoms with Crippen LogP contribution in [0.15, 0.2) is 23.8 Å². The molecule has 1 saturated carbocycles. The number of fused-ring (bicyclic) bond motifs is 2. The predicted molar refractivity (Wildman–Crippen MR) is 69.1 cm³/mol. The average Bonchev–Trinajstić information content (AvgIpc) is 2.60. The minimum Gasteiger partial charge on any atom is -0.458 e. The summed E-state index contributed by atoms with van der Waals surface area (Å²) in [5.41, 5.74) is 1.02. The molecule has 104 valence electrons. The Morgan fingerprint density at radius 1 is 1.47 bits per heavy atom. The number of carbonyl (C=O) groups excluding carboxylic acids is 1. The highest BCUT2D eigenvalue weighted by molar-refractivity contribution is 5.91. The number of hydrogen-bond acceptors (Lipinski definition) is 4. The van der Waals surface area contributed by atoms with Crippen molar-refractivity contribution in [3.8, 4) is 0 Å². The summed E-state index contributed by atoms with van der Waals surface area (Å²) in [5.74, 6) is -0.879. The van der Waals surface area contributed by atoms with Gasteiger partial charge in [0, 0.05) is 16.9 Å². The molecule has 0 aromatic rings. The van der Waals surface area contributed by atoms with E-state index in [2.05, 4.69) is 6.58 Å². The maximum atomic E-state index is 11.6. The Morgan fingerprint density at radius 2 is 2.16 bits per heavy atom. The zero-order chi connectivity index (χ0) is 13.9. The van der Waals surface area contributed by atoms with Crippen LogP contribution in [0.5, 0.6) is 0 Å². The summed E-state index contributed by atoms with van der Waals surface area (Å²) >= 11 is 0. The van der Waals surface area contributed by atoms with Crippen molar-refractivity contribution in [2.45, 2.75) is 45.0 Å². The summed E-state index contributed by atoms with van der Waals surface area (Å²) in [7, 11) is 0. The lowest BCUT2D eigenvalue weighted by Crippen LogP contribution is -2.56. The Bertz CT molecular complexity index is 481. The summed E-state index contributed by atoms with van der Waals surface area (Å²) in [5, 5.41) is 21.0. The van der Waals surface area contributed by atoms with Gasteiger partial charge in [0.2, 0.25) is 0 Å². The molecule has 2 fully saturated rings. The SMILES string of the molecule is C=C1C(=O)O[C@H]2C[C@@]3(C)[C@H](O)CC=C(C)[C@H]3[C@@H](O)[C@H]12. The van der Waals surface area contributed by atoms with E-state index in [-0.39, 0.29) is 17.9 Å². The van der Waals surface area contributed by atoms with Crippen LogP contribution in [0.4, 0.5) is 0 Å². The number of rotatable bonds is 0. The molecule has 1 saturated heterocycles. The predicted octanol–water partition coefficient (Wildman–Crippen LogP) is 1.18. The van der Waals surface area contributed by atoms with Crippen molar-refractivity contribution in [1.82, 2.24) is 0 Å². The molecule has 19 heavy (non-hydrogen) atoms. The second kappa shape index (κ2) is 3.93. The van der Waals surface area contributed by atoms with E-state index in [1.807, 2.05) is 19.9 Å². The Labute approximate surface area is 112 Å². The number of hydrogen-bond donors (Lipinski definition) is 2. The van der Waals surface area contributed by atoms with E-state index < -0.39 is 23.6 Å². The fourth-order valence-electron chi connectivity index (χ4n) is 4.23. The molecule has 1 aliphatic heterocycles. The van der Waals surface area contributed by atoms with Crippen molar-refractivity contribution in [2.75, 3.05) is 0 Å². The number of esters is 1. The molecule has 0 bridgehead atoms. The van der Waals surface area contributed by atoms with Crippen LogP contribution in [0.3, 0.4) is 0 Å². The molecule has 0 spiro atoms. The van der Waals surface area contributed by atoms with Crippen LogP contribution in [-0.2, 0) is 9.53 Å². The second-order valence-corrected chi connectivity index (χ2v) is 6.37. The molecule has 0 radical (unpaired) electrons. The molecule has 3 aliphatic rings. The molecule has 0 amide bonds. The van der Waals surface area contributed by atoms with Crippen LogP contribution in [0.2, 0.25) is 0 Å². The lowest BCUT2D eigenvalue weighted by molar-refractivity contribution is -0.154. The molecule has 1 heterocycles. The molecule has 4 nitrogen and oxygen atoms in total. The number of aliphatic hydroxyl groups is 2. The first-order valence-electron chi connectivity index (χ1n) is 6.79. The van der Waals surface area contributed by atoms with Gasteiger partial charge in [-0.1, -0.05) is 25.2 Å². The Hall–Kier alpha value is -1.13. The van der Waals surface area contributed by atoms with Crippen LogP contribution in [0, 0.1) is 17.3 Å². The van der Waals surface area contributed by atoms with E-state index in [9.17, 15) is 15.0 Å². The van der Waals surface area contributed by atoms with Crippen molar-refractivity contribution < 1.29 is 19.7 Å². The normalized spacial score (nSPS) is 49.3. The summed E-state index contributed by atoms with van der Waals surface area (Å²) in [6.07, 6.45) is 1.59. The first kappa shape index (κ1) is 12.9. The number of ether oxygens (including phenoxy) is 1. The van der Waals surface area contributed by atoms with E-state index in [1.54, 1.807) is 0 Å². The van der Waals surface area contributed by atoms with Crippen LogP contribution < -0.4 is 0 Å². The molecule has 4 heteroatoms. The Morgan fingerprint density at radius 3 is 2.84 bits per heavy atom. The highest BCUT2D eigenvalue weighted by Gasteiger charge is 2.59. The van der Waals surface area contributed by atoms with Gasteiger partial charge in [0.15, 0.2) is 0 Å². The van der Waals surface area contributed by atoms with Gasteiger partial charge >= 0.3 is 5.97 Å². The minimum absolute atomic E-state index is 0.135. The van der Waals surface area contributed by atoms with Crippen LogP contribution in [0.1, 0.15) is 26.7 Å². The fourth-order valence-corrected chi connectivity index (χ4v) is 4.23. The summed E-state index contributed by atoms with van der Waals surface area (Å²) in [6.45, 7) is 7.72. The Kier molecular flexibility index (Phi) is 2.67. The molecule has 6 atom stereocenters. The van der Waals surface area contributed by atoms with Gasteiger partial charge in [0.05, 0.1) is 18.1 Å². The molecule has 2 aliphatic carbocycles. The first-order chi connectivity index (χ1) is 8.86. The van der Waals surface area contributed by atoms with Crippen molar-refractivity contribution in [3.63, 3.8) is 0 Å². The minimum atomic E-state index is -0.714. The van der Waals surface area contributed by atoms with Gasteiger partial charge in [-0.15, -0.1) is 0 Å². The molecule has 3 rings (SSSR count). The van der Waals surface area contributed by atoms with Crippen molar-refractivity contribution in [1.29, 1.82) is 0 Å².